The minimum atomic E-state index is -0.376. The van der Waals surface area contributed by atoms with Crippen molar-refractivity contribution in [3.8, 4) is 0 Å². The predicted octanol–water partition coefficient (Wildman–Crippen LogP) is 2.64. The first kappa shape index (κ1) is 11.2. The second kappa shape index (κ2) is 2.89. The highest BCUT2D eigenvalue weighted by atomic mass is 32.2. The second-order valence-corrected chi connectivity index (χ2v) is 6.81. The molecule has 1 heterocycles. The zero-order chi connectivity index (χ0) is 11.5. The summed E-state index contributed by atoms with van der Waals surface area (Å²) in [6.07, 6.45) is 1.91. The van der Waals surface area contributed by atoms with Crippen LogP contribution in [0.4, 0.5) is 0 Å². The Balaban J connectivity index is 2.36. The largest absolute Gasteiger partial charge is 0.361 e. The number of hydrogen-bond donors (Lipinski definition) is 0. The van der Waals surface area contributed by atoms with Crippen LogP contribution in [0.1, 0.15) is 27.7 Å². The van der Waals surface area contributed by atoms with Crippen molar-refractivity contribution in [1.82, 2.24) is 0 Å². The van der Waals surface area contributed by atoms with Crippen LogP contribution in [0.5, 0.6) is 0 Å². The molecule has 2 aliphatic rings. The lowest BCUT2D eigenvalue weighted by Gasteiger charge is -2.61. The Hall–Kier alpha value is -0.280. The van der Waals surface area contributed by atoms with Gasteiger partial charge in [-0.3, -0.25) is 4.79 Å². The van der Waals surface area contributed by atoms with E-state index in [4.69, 9.17) is 4.74 Å². The van der Waals surface area contributed by atoms with E-state index in [1.165, 1.54) is 0 Å². The SMILES string of the molecule is C=CC1COC2(S1)C(C)(C)C(=O)C2(C)C. The zero-order valence-corrected chi connectivity index (χ0v) is 10.6. The quantitative estimate of drug-likeness (QED) is 0.643. The van der Waals surface area contributed by atoms with Crippen LogP contribution < -0.4 is 0 Å². The van der Waals surface area contributed by atoms with Crippen LogP contribution in [-0.4, -0.2) is 22.6 Å². The van der Waals surface area contributed by atoms with Gasteiger partial charge in [-0.1, -0.05) is 6.08 Å². The average Bonchev–Trinajstić information content (AvgIpc) is 2.62. The van der Waals surface area contributed by atoms with Gasteiger partial charge in [0.25, 0.3) is 0 Å². The summed E-state index contributed by atoms with van der Waals surface area (Å²) in [5.74, 6) is 0.298. The van der Waals surface area contributed by atoms with Crippen molar-refractivity contribution >= 4 is 17.5 Å². The standard InChI is InChI=1S/C12H18O2S/c1-6-8-7-14-12(15-8)10(2,3)9(13)11(12,4)5/h6,8H,1,7H2,2-5H3. The minimum absolute atomic E-state index is 0.298. The molecule has 84 valence electrons. The molecule has 1 atom stereocenters. The van der Waals surface area contributed by atoms with E-state index in [-0.39, 0.29) is 15.8 Å². The molecule has 0 aromatic rings. The lowest BCUT2D eigenvalue weighted by atomic mass is 9.51. The highest BCUT2D eigenvalue weighted by Gasteiger charge is 2.75. The van der Waals surface area contributed by atoms with Crippen LogP contribution in [0.25, 0.3) is 0 Å². The minimum Gasteiger partial charge on any atom is -0.361 e. The Bertz CT molecular complexity index is 313. The first-order chi connectivity index (χ1) is 6.79. The van der Waals surface area contributed by atoms with Gasteiger partial charge in [0.15, 0.2) is 5.78 Å². The van der Waals surface area contributed by atoms with Crippen molar-refractivity contribution in [1.29, 1.82) is 0 Å². The molecule has 0 aromatic heterocycles. The van der Waals surface area contributed by atoms with Gasteiger partial charge in [-0.15, -0.1) is 18.3 Å². The van der Waals surface area contributed by atoms with Gasteiger partial charge in [0.1, 0.15) is 4.93 Å². The van der Waals surface area contributed by atoms with Gasteiger partial charge in [0.05, 0.1) is 17.4 Å². The molecule has 1 saturated carbocycles. The van der Waals surface area contributed by atoms with E-state index < -0.39 is 0 Å². The van der Waals surface area contributed by atoms with Crippen LogP contribution in [0.2, 0.25) is 0 Å². The summed E-state index contributed by atoms with van der Waals surface area (Å²) >= 11 is 1.76. The van der Waals surface area contributed by atoms with E-state index >= 15 is 0 Å². The topological polar surface area (TPSA) is 26.3 Å². The zero-order valence-electron chi connectivity index (χ0n) is 9.79. The number of Topliss-reactive ketones (excluding diaryl/α,β-unsaturated/α-hetero) is 1. The molecular formula is C12H18O2S. The highest BCUT2D eigenvalue weighted by molar-refractivity contribution is 8.01. The molecule has 0 amide bonds. The lowest BCUT2D eigenvalue weighted by Crippen LogP contribution is -2.72. The fourth-order valence-corrected chi connectivity index (χ4v) is 4.62. The summed E-state index contributed by atoms with van der Waals surface area (Å²) in [6, 6.07) is 0. The fourth-order valence-electron chi connectivity index (χ4n) is 3.05. The Kier molecular flexibility index (Phi) is 2.16. The Morgan fingerprint density at radius 2 is 1.93 bits per heavy atom. The fraction of sp³-hybridized carbons (Fsp3) is 0.750. The highest BCUT2D eigenvalue weighted by Crippen LogP contribution is 2.68. The number of carbonyl (C=O) groups is 1. The van der Waals surface area contributed by atoms with E-state index in [2.05, 4.69) is 6.58 Å². The average molecular weight is 226 g/mol. The van der Waals surface area contributed by atoms with Crippen LogP contribution in [-0.2, 0) is 9.53 Å². The molecule has 2 rings (SSSR count). The van der Waals surface area contributed by atoms with Crippen molar-refractivity contribution < 1.29 is 9.53 Å². The second-order valence-electron chi connectivity index (χ2n) is 5.40. The Morgan fingerprint density at radius 1 is 1.40 bits per heavy atom. The predicted molar refractivity (Wildman–Crippen MR) is 62.8 cm³/mol. The van der Waals surface area contributed by atoms with Gasteiger partial charge in [0.2, 0.25) is 0 Å². The maximum atomic E-state index is 12.0. The monoisotopic (exact) mass is 226 g/mol. The molecule has 0 N–H and O–H groups in total. The van der Waals surface area contributed by atoms with Crippen molar-refractivity contribution in [3.63, 3.8) is 0 Å². The molecule has 1 spiro atoms. The summed E-state index contributed by atoms with van der Waals surface area (Å²) < 4.78 is 5.95. The molecule has 15 heavy (non-hydrogen) atoms. The summed E-state index contributed by atoms with van der Waals surface area (Å²) in [7, 11) is 0. The van der Waals surface area contributed by atoms with Crippen LogP contribution in [0, 0.1) is 10.8 Å². The summed E-state index contributed by atoms with van der Waals surface area (Å²) in [5, 5.41) is 0.316. The number of thioether (sulfide) groups is 1. The van der Waals surface area contributed by atoms with Crippen molar-refractivity contribution in [2.45, 2.75) is 37.9 Å². The van der Waals surface area contributed by atoms with Gasteiger partial charge >= 0.3 is 0 Å². The molecule has 1 saturated heterocycles. The van der Waals surface area contributed by atoms with Gasteiger partial charge < -0.3 is 4.74 Å². The normalized spacial score (nSPS) is 35.2. The van der Waals surface area contributed by atoms with Crippen molar-refractivity contribution in [2.75, 3.05) is 6.61 Å². The van der Waals surface area contributed by atoms with Gasteiger partial charge in [0, 0.05) is 5.25 Å². The van der Waals surface area contributed by atoms with Gasteiger partial charge in [-0.25, -0.2) is 0 Å². The molecule has 0 radical (unpaired) electrons. The number of carbonyl (C=O) groups excluding carboxylic acids is 1. The van der Waals surface area contributed by atoms with Gasteiger partial charge in [-0.2, -0.15) is 0 Å². The lowest BCUT2D eigenvalue weighted by molar-refractivity contribution is -0.200. The number of ketones is 1. The summed E-state index contributed by atoms with van der Waals surface area (Å²) in [6.45, 7) is 12.4. The molecular weight excluding hydrogens is 208 g/mol. The third-order valence-corrected chi connectivity index (χ3v) is 5.91. The first-order valence-corrected chi connectivity index (χ1v) is 6.17. The van der Waals surface area contributed by atoms with Crippen LogP contribution in [0.15, 0.2) is 12.7 Å². The molecule has 1 aliphatic carbocycles. The van der Waals surface area contributed by atoms with Crippen molar-refractivity contribution in [3.05, 3.63) is 12.7 Å². The maximum Gasteiger partial charge on any atom is 0.151 e. The molecule has 1 aliphatic heterocycles. The molecule has 0 aromatic carbocycles. The third kappa shape index (κ3) is 1.03. The molecule has 1 unspecified atom stereocenters. The maximum absolute atomic E-state index is 12.0. The first-order valence-electron chi connectivity index (χ1n) is 5.29. The molecule has 3 heteroatoms. The van der Waals surface area contributed by atoms with Crippen LogP contribution >= 0.6 is 11.8 Å². The Morgan fingerprint density at radius 3 is 2.33 bits per heavy atom. The van der Waals surface area contributed by atoms with Crippen LogP contribution in [0.3, 0.4) is 0 Å². The summed E-state index contributed by atoms with van der Waals surface area (Å²) in [4.78, 5) is 11.7. The van der Waals surface area contributed by atoms with E-state index in [0.717, 1.165) is 0 Å². The van der Waals surface area contributed by atoms with E-state index in [9.17, 15) is 4.79 Å². The van der Waals surface area contributed by atoms with E-state index in [1.807, 2.05) is 33.8 Å². The van der Waals surface area contributed by atoms with E-state index in [1.54, 1.807) is 11.8 Å². The number of hydrogen-bond acceptors (Lipinski definition) is 3. The van der Waals surface area contributed by atoms with Crippen molar-refractivity contribution in [2.24, 2.45) is 10.8 Å². The Labute approximate surface area is 95.5 Å². The number of rotatable bonds is 1. The smallest absolute Gasteiger partial charge is 0.151 e. The van der Waals surface area contributed by atoms with Gasteiger partial charge in [-0.05, 0) is 27.7 Å². The molecule has 2 nitrogen and oxygen atoms in total. The van der Waals surface area contributed by atoms with E-state index in [0.29, 0.717) is 17.6 Å². The molecule has 0 bridgehead atoms. The number of ether oxygens (including phenoxy) is 1. The molecule has 2 fully saturated rings. The summed E-state index contributed by atoms with van der Waals surface area (Å²) in [5.41, 5.74) is -0.752. The third-order valence-electron chi connectivity index (χ3n) is 3.81.